The molecule has 0 fully saturated rings. The van der Waals surface area contributed by atoms with Crippen molar-refractivity contribution in [1.29, 1.82) is 0 Å². The summed E-state index contributed by atoms with van der Waals surface area (Å²) in [4.78, 5) is 25.0. The number of methoxy groups -OCH3 is 1. The maximum atomic E-state index is 12.7. The Morgan fingerprint density at radius 2 is 1.86 bits per heavy atom. The maximum absolute atomic E-state index is 12.7. The summed E-state index contributed by atoms with van der Waals surface area (Å²) in [5.41, 5.74) is 3.02. The van der Waals surface area contributed by atoms with Crippen LogP contribution in [-0.2, 0) is 4.79 Å². The van der Waals surface area contributed by atoms with Gasteiger partial charge in [0.25, 0.3) is 5.91 Å². The lowest BCUT2D eigenvalue weighted by Crippen LogP contribution is -2.24. The molecule has 35 heavy (non-hydrogen) atoms. The van der Waals surface area contributed by atoms with Crippen molar-refractivity contribution in [2.75, 3.05) is 13.7 Å². The standard InChI is InChI=1S/C25H18BrClN2O5S/c1-32-20-12-15(13-28-29-22(30)14-33-17-9-7-16(26)8-10-17)6-11-19(20)34-25(31)24-23(27)18-4-2-3-5-21(18)35-24/h2-13H,14H2,1H3,(H,29,30)/b28-13+. The molecule has 0 bridgehead atoms. The van der Waals surface area contributed by atoms with E-state index < -0.39 is 11.9 Å². The molecule has 4 rings (SSSR count). The van der Waals surface area contributed by atoms with E-state index in [0.717, 1.165) is 14.6 Å². The van der Waals surface area contributed by atoms with Gasteiger partial charge in [-0.25, -0.2) is 10.2 Å². The third kappa shape index (κ3) is 6.19. The molecule has 0 aliphatic rings. The van der Waals surface area contributed by atoms with Crippen LogP contribution in [0.4, 0.5) is 0 Å². The first-order valence-electron chi connectivity index (χ1n) is 10.2. The van der Waals surface area contributed by atoms with Crippen molar-refractivity contribution < 1.29 is 23.8 Å². The average molecular weight is 574 g/mol. The maximum Gasteiger partial charge on any atom is 0.355 e. The second-order valence-electron chi connectivity index (χ2n) is 7.08. The van der Waals surface area contributed by atoms with Crippen LogP contribution in [-0.4, -0.2) is 31.8 Å². The molecule has 1 amide bonds. The lowest BCUT2D eigenvalue weighted by molar-refractivity contribution is -0.123. The molecular formula is C25H18BrClN2O5S. The molecule has 0 aliphatic heterocycles. The van der Waals surface area contributed by atoms with Crippen LogP contribution >= 0.6 is 38.9 Å². The number of amides is 1. The number of nitrogens with zero attached hydrogens (tertiary/aromatic N) is 1. The van der Waals surface area contributed by atoms with Gasteiger partial charge in [0.2, 0.25) is 0 Å². The van der Waals surface area contributed by atoms with Crippen LogP contribution in [0.2, 0.25) is 5.02 Å². The second-order valence-corrected chi connectivity index (χ2v) is 9.42. The van der Waals surface area contributed by atoms with Crippen molar-refractivity contribution in [3.63, 3.8) is 0 Å². The van der Waals surface area contributed by atoms with Gasteiger partial charge >= 0.3 is 5.97 Å². The molecule has 1 N–H and O–H groups in total. The number of esters is 1. The molecule has 10 heteroatoms. The zero-order chi connectivity index (χ0) is 24.8. The van der Waals surface area contributed by atoms with Crippen molar-refractivity contribution >= 4 is 67.0 Å². The Morgan fingerprint density at radius 1 is 1.09 bits per heavy atom. The molecule has 0 spiro atoms. The fourth-order valence-corrected chi connectivity index (χ4v) is 4.68. The molecule has 0 radical (unpaired) electrons. The summed E-state index contributed by atoms with van der Waals surface area (Å²) in [5, 5.41) is 5.09. The molecule has 3 aromatic carbocycles. The van der Waals surface area contributed by atoms with Gasteiger partial charge in [0.05, 0.1) is 18.3 Å². The summed E-state index contributed by atoms with van der Waals surface area (Å²) in [7, 11) is 1.46. The van der Waals surface area contributed by atoms with E-state index >= 15 is 0 Å². The summed E-state index contributed by atoms with van der Waals surface area (Å²) < 4.78 is 18.1. The van der Waals surface area contributed by atoms with Crippen molar-refractivity contribution in [3.8, 4) is 17.2 Å². The third-order valence-electron chi connectivity index (χ3n) is 4.70. The minimum absolute atomic E-state index is 0.183. The number of thiophene rings is 1. The summed E-state index contributed by atoms with van der Waals surface area (Å²) in [6.07, 6.45) is 1.44. The fourth-order valence-electron chi connectivity index (χ4n) is 3.03. The van der Waals surface area contributed by atoms with E-state index in [-0.39, 0.29) is 12.4 Å². The minimum atomic E-state index is -0.575. The highest BCUT2D eigenvalue weighted by Crippen LogP contribution is 2.37. The van der Waals surface area contributed by atoms with E-state index in [0.29, 0.717) is 27.0 Å². The van der Waals surface area contributed by atoms with Gasteiger partial charge in [0, 0.05) is 14.6 Å². The Morgan fingerprint density at radius 3 is 2.60 bits per heavy atom. The molecule has 0 saturated heterocycles. The Labute approximate surface area is 218 Å². The van der Waals surface area contributed by atoms with Gasteiger partial charge in [-0.3, -0.25) is 4.79 Å². The third-order valence-corrected chi connectivity index (χ3v) is 6.88. The molecule has 4 aromatic rings. The van der Waals surface area contributed by atoms with Crippen LogP contribution in [0.25, 0.3) is 10.1 Å². The molecule has 0 aliphatic carbocycles. The van der Waals surface area contributed by atoms with Gasteiger partial charge in [0.15, 0.2) is 18.1 Å². The summed E-state index contributed by atoms with van der Waals surface area (Å²) in [6.45, 7) is -0.183. The molecule has 0 unspecified atom stereocenters. The first kappa shape index (κ1) is 24.7. The number of ether oxygens (including phenoxy) is 3. The van der Waals surface area contributed by atoms with Crippen LogP contribution in [0.15, 0.2) is 76.3 Å². The molecule has 0 saturated carbocycles. The SMILES string of the molecule is COc1cc(/C=N/NC(=O)COc2ccc(Br)cc2)ccc1OC(=O)c1sc2ccccc2c1Cl. The molecule has 1 heterocycles. The predicted octanol–water partition coefficient (Wildman–Crippen LogP) is 6.07. The number of hydrogen-bond donors (Lipinski definition) is 1. The number of hydrogen-bond acceptors (Lipinski definition) is 7. The highest BCUT2D eigenvalue weighted by Gasteiger charge is 2.20. The fraction of sp³-hybridized carbons (Fsp3) is 0.0800. The molecule has 178 valence electrons. The number of carbonyl (C=O) groups excluding carboxylic acids is 2. The summed E-state index contributed by atoms with van der Waals surface area (Å²) in [5.74, 6) is 0.134. The minimum Gasteiger partial charge on any atom is -0.493 e. The van der Waals surface area contributed by atoms with E-state index in [9.17, 15) is 9.59 Å². The highest BCUT2D eigenvalue weighted by molar-refractivity contribution is 9.10. The van der Waals surface area contributed by atoms with E-state index in [2.05, 4.69) is 26.5 Å². The molecular weight excluding hydrogens is 556 g/mol. The zero-order valence-electron chi connectivity index (χ0n) is 18.3. The highest BCUT2D eigenvalue weighted by atomic mass is 79.9. The molecule has 7 nitrogen and oxygen atoms in total. The number of carbonyl (C=O) groups is 2. The first-order valence-corrected chi connectivity index (χ1v) is 12.2. The van der Waals surface area contributed by atoms with Gasteiger partial charge in [-0.1, -0.05) is 45.7 Å². The number of fused-ring (bicyclic) bond motifs is 1. The lowest BCUT2D eigenvalue weighted by atomic mass is 10.2. The first-order chi connectivity index (χ1) is 16.9. The van der Waals surface area contributed by atoms with E-state index in [1.54, 1.807) is 30.3 Å². The van der Waals surface area contributed by atoms with Gasteiger partial charge < -0.3 is 14.2 Å². The Balaban J connectivity index is 1.37. The van der Waals surface area contributed by atoms with Crippen molar-refractivity contribution in [1.82, 2.24) is 5.43 Å². The lowest BCUT2D eigenvalue weighted by Gasteiger charge is -2.09. The van der Waals surface area contributed by atoms with Crippen LogP contribution in [0, 0.1) is 0 Å². The van der Waals surface area contributed by atoms with Crippen molar-refractivity contribution in [3.05, 3.63) is 86.7 Å². The number of benzene rings is 3. The number of rotatable bonds is 8. The monoisotopic (exact) mass is 572 g/mol. The second kappa shape index (κ2) is 11.4. The van der Waals surface area contributed by atoms with E-state index in [1.165, 1.54) is 24.7 Å². The number of nitrogens with one attached hydrogen (secondary N) is 1. The van der Waals surface area contributed by atoms with Crippen LogP contribution in [0.3, 0.4) is 0 Å². The largest absolute Gasteiger partial charge is 0.493 e. The van der Waals surface area contributed by atoms with Crippen LogP contribution in [0.1, 0.15) is 15.2 Å². The molecule has 1 aromatic heterocycles. The number of hydrazone groups is 1. The van der Waals surface area contributed by atoms with Crippen LogP contribution < -0.4 is 19.6 Å². The van der Waals surface area contributed by atoms with Gasteiger partial charge in [0.1, 0.15) is 10.6 Å². The normalized spacial score (nSPS) is 10.9. The Kier molecular flexibility index (Phi) is 8.02. The number of halogens is 2. The van der Waals surface area contributed by atoms with E-state index in [4.69, 9.17) is 25.8 Å². The molecule has 0 atom stereocenters. The summed E-state index contributed by atoms with van der Waals surface area (Å²) >= 11 is 11.0. The van der Waals surface area contributed by atoms with E-state index in [1.807, 2.05) is 36.4 Å². The van der Waals surface area contributed by atoms with Gasteiger partial charge in [-0.05, 0) is 54.1 Å². The van der Waals surface area contributed by atoms with Gasteiger partial charge in [-0.2, -0.15) is 5.10 Å². The van der Waals surface area contributed by atoms with Crippen molar-refractivity contribution in [2.45, 2.75) is 0 Å². The van der Waals surface area contributed by atoms with Crippen molar-refractivity contribution in [2.24, 2.45) is 5.10 Å². The topological polar surface area (TPSA) is 86.2 Å². The quantitative estimate of drug-likeness (QED) is 0.120. The summed E-state index contributed by atoms with van der Waals surface area (Å²) in [6, 6.07) is 19.5. The van der Waals surface area contributed by atoms with Gasteiger partial charge in [-0.15, -0.1) is 11.3 Å². The average Bonchev–Trinajstić information content (AvgIpc) is 3.21. The van der Waals surface area contributed by atoms with Crippen LogP contribution in [0.5, 0.6) is 17.2 Å². The smallest absolute Gasteiger partial charge is 0.355 e. The predicted molar refractivity (Wildman–Crippen MR) is 140 cm³/mol. The zero-order valence-corrected chi connectivity index (χ0v) is 21.4. The Bertz CT molecular complexity index is 1410. The Hall–Kier alpha value is -3.40.